The molecule has 0 aromatic heterocycles. The number of carbonyl (C=O) groups is 1. The van der Waals surface area contributed by atoms with Gasteiger partial charge in [0.25, 0.3) is 0 Å². The second kappa shape index (κ2) is 8.77. The Bertz CT molecular complexity index is 805. The van der Waals surface area contributed by atoms with Gasteiger partial charge < -0.3 is 10.2 Å². The Kier molecular flexibility index (Phi) is 6.43. The summed E-state index contributed by atoms with van der Waals surface area (Å²) in [6.45, 7) is 1.96. The number of hydrogen-bond donors (Lipinski definition) is 2. The van der Waals surface area contributed by atoms with E-state index in [0.29, 0.717) is 17.2 Å². The number of hydrogen-bond acceptors (Lipinski definition) is 4. The number of piperidine rings is 1. The molecule has 1 aliphatic rings. The zero-order valence-corrected chi connectivity index (χ0v) is 17.1. The highest BCUT2D eigenvalue weighted by molar-refractivity contribution is 14.1. The second-order valence-electron chi connectivity index (χ2n) is 6.74. The minimum atomic E-state index is -0.237. The number of ketones is 1. The summed E-state index contributed by atoms with van der Waals surface area (Å²) < 4.78 is 0.870. The second-order valence-corrected chi connectivity index (χ2v) is 7.90. The Morgan fingerprint density at radius 1 is 1.15 bits per heavy atom. The van der Waals surface area contributed by atoms with E-state index in [1.165, 1.54) is 19.3 Å². The normalized spacial score (nSPS) is 17.7. The summed E-state index contributed by atoms with van der Waals surface area (Å²) in [6.07, 6.45) is 3.71. The Morgan fingerprint density at radius 2 is 1.85 bits per heavy atom. The zero-order chi connectivity index (χ0) is 18.5. The van der Waals surface area contributed by atoms with Crippen LogP contribution in [0.3, 0.4) is 0 Å². The third-order valence-corrected chi connectivity index (χ3v) is 5.93. The monoisotopic (exact) mass is 461 g/mol. The van der Waals surface area contributed by atoms with E-state index >= 15 is 0 Å². The molecule has 1 saturated heterocycles. The lowest BCUT2D eigenvalue weighted by Crippen LogP contribution is -2.40. The van der Waals surface area contributed by atoms with Gasteiger partial charge in [0.2, 0.25) is 5.78 Å². The topological polar surface area (TPSA) is 56.2 Å². The van der Waals surface area contributed by atoms with E-state index in [-0.39, 0.29) is 11.5 Å². The molecule has 1 unspecified atom stereocenters. The van der Waals surface area contributed by atoms with Gasteiger partial charge in [-0.25, -0.2) is 0 Å². The van der Waals surface area contributed by atoms with Crippen molar-refractivity contribution < 1.29 is 4.79 Å². The van der Waals surface area contributed by atoms with Gasteiger partial charge in [0.1, 0.15) is 5.71 Å². The number of nitrogens with zero attached hydrogens (tertiary/aromatic N) is 1. The number of likely N-dealkylation sites (N-methyl/N-ethyl adjacent to an activating group) is 1. The third kappa shape index (κ3) is 4.32. The molecule has 0 saturated carbocycles. The van der Waals surface area contributed by atoms with E-state index in [2.05, 4.69) is 39.9 Å². The first kappa shape index (κ1) is 19.0. The van der Waals surface area contributed by atoms with Gasteiger partial charge in [-0.2, -0.15) is 0 Å². The van der Waals surface area contributed by atoms with Gasteiger partial charge in [-0.1, -0.05) is 36.8 Å². The Hall–Kier alpha value is -1.73. The first-order valence-corrected chi connectivity index (χ1v) is 10.1. The fourth-order valence-corrected chi connectivity index (χ4v) is 4.02. The molecule has 26 heavy (non-hydrogen) atoms. The lowest BCUT2D eigenvalue weighted by Gasteiger charge is -2.33. The predicted molar refractivity (Wildman–Crippen MR) is 116 cm³/mol. The van der Waals surface area contributed by atoms with Crippen molar-refractivity contribution in [3.63, 3.8) is 0 Å². The number of anilines is 1. The number of likely N-dealkylation sites (tertiary alicyclic amines) is 1. The van der Waals surface area contributed by atoms with Crippen molar-refractivity contribution in [2.75, 3.05) is 25.5 Å². The fraction of sp³-hybridized carbons (Fsp3) is 0.333. The van der Waals surface area contributed by atoms with Gasteiger partial charge in [-0.3, -0.25) is 10.2 Å². The van der Waals surface area contributed by atoms with Gasteiger partial charge in [0, 0.05) is 33.0 Å². The van der Waals surface area contributed by atoms with Crippen LogP contribution < -0.4 is 5.32 Å². The number of Topliss-reactive ketones (excluding diaryl/α,β-unsaturated/α-hetero) is 1. The van der Waals surface area contributed by atoms with Crippen LogP contribution in [0.5, 0.6) is 0 Å². The molecule has 0 bridgehead atoms. The molecule has 2 aromatic rings. The van der Waals surface area contributed by atoms with E-state index in [1.807, 2.05) is 42.5 Å². The molecule has 1 heterocycles. The molecule has 1 fully saturated rings. The molecule has 0 spiro atoms. The fourth-order valence-electron chi connectivity index (χ4n) is 3.39. The molecular weight excluding hydrogens is 437 g/mol. The largest absolute Gasteiger partial charge is 0.383 e. The SMILES string of the molecule is CN1CCCCC1CNc1ccccc1C(=N)C(=O)c1ccccc1I. The highest BCUT2D eigenvalue weighted by Gasteiger charge is 2.21. The Morgan fingerprint density at radius 3 is 2.58 bits per heavy atom. The molecule has 4 nitrogen and oxygen atoms in total. The summed E-state index contributed by atoms with van der Waals surface area (Å²) in [5, 5.41) is 11.9. The van der Waals surface area contributed by atoms with Crippen LogP contribution in [0.1, 0.15) is 35.2 Å². The highest BCUT2D eigenvalue weighted by Crippen LogP contribution is 2.21. The van der Waals surface area contributed by atoms with Crippen LogP contribution in [0.4, 0.5) is 5.69 Å². The van der Waals surface area contributed by atoms with E-state index < -0.39 is 0 Å². The van der Waals surface area contributed by atoms with Crippen LogP contribution in [-0.4, -0.2) is 42.6 Å². The van der Waals surface area contributed by atoms with Gasteiger partial charge in [-0.05, 0) is 67.2 Å². The number of halogens is 1. The molecule has 1 aliphatic heterocycles. The van der Waals surface area contributed by atoms with Gasteiger partial charge in [-0.15, -0.1) is 0 Å². The molecule has 3 rings (SSSR count). The van der Waals surface area contributed by atoms with Crippen molar-refractivity contribution in [2.24, 2.45) is 0 Å². The summed E-state index contributed by atoms with van der Waals surface area (Å²) in [6, 6.07) is 15.5. The van der Waals surface area contributed by atoms with Crippen molar-refractivity contribution in [1.82, 2.24) is 4.90 Å². The van der Waals surface area contributed by atoms with Crippen molar-refractivity contribution in [1.29, 1.82) is 5.41 Å². The summed E-state index contributed by atoms with van der Waals surface area (Å²) in [5.41, 5.74) is 2.14. The number of rotatable bonds is 6. The smallest absolute Gasteiger partial charge is 0.212 e. The average molecular weight is 461 g/mol. The Labute approximate surface area is 168 Å². The van der Waals surface area contributed by atoms with E-state index in [4.69, 9.17) is 5.41 Å². The van der Waals surface area contributed by atoms with Crippen molar-refractivity contribution in [3.8, 4) is 0 Å². The maximum Gasteiger partial charge on any atom is 0.212 e. The van der Waals surface area contributed by atoms with Crippen LogP contribution in [0.2, 0.25) is 0 Å². The lowest BCUT2D eigenvalue weighted by atomic mass is 9.98. The molecule has 0 radical (unpaired) electrons. The van der Waals surface area contributed by atoms with Gasteiger partial charge in [0.15, 0.2) is 0 Å². The molecule has 5 heteroatoms. The third-order valence-electron chi connectivity index (χ3n) is 4.99. The van der Waals surface area contributed by atoms with E-state index in [9.17, 15) is 4.79 Å². The molecule has 0 aliphatic carbocycles. The quantitative estimate of drug-likeness (QED) is 0.380. The van der Waals surface area contributed by atoms with Crippen molar-refractivity contribution in [3.05, 3.63) is 63.2 Å². The number of benzene rings is 2. The lowest BCUT2D eigenvalue weighted by molar-refractivity contribution is 0.106. The molecule has 136 valence electrons. The summed E-state index contributed by atoms with van der Waals surface area (Å²) in [7, 11) is 2.17. The van der Waals surface area contributed by atoms with Gasteiger partial charge >= 0.3 is 0 Å². The van der Waals surface area contributed by atoms with Crippen LogP contribution in [0.25, 0.3) is 0 Å². The Balaban J connectivity index is 1.77. The van der Waals surface area contributed by atoms with Gasteiger partial charge in [0.05, 0.1) is 0 Å². The number of carbonyl (C=O) groups excluding carboxylic acids is 1. The predicted octanol–water partition coefficient (Wildman–Crippen LogP) is 4.44. The number of para-hydroxylation sites is 1. The van der Waals surface area contributed by atoms with Crippen molar-refractivity contribution in [2.45, 2.75) is 25.3 Å². The molecule has 0 amide bonds. The summed E-state index contributed by atoms with van der Waals surface area (Å²) in [5.74, 6) is -0.237. The van der Waals surface area contributed by atoms with Crippen LogP contribution in [0, 0.1) is 8.98 Å². The first-order chi connectivity index (χ1) is 12.6. The van der Waals surface area contributed by atoms with Crippen LogP contribution in [0.15, 0.2) is 48.5 Å². The summed E-state index contributed by atoms with van der Waals surface area (Å²) in [4.78, 5) is 15.2. The van der Waals surface area contributed by atoms with E-state index in [1.54, 1.807) is 6.07 Å². The molecule has 1 atom stereocenters. The maximum absolute atomic E-state index is 12.8. The minimum absolute atomic E-state index is 0.0363. The highest BCUT2D eigenvalue weighted by atomic mass is 127. The molecule has 2 aromatic carbocycles. The van der Waals surface area contributed by atoms with E-state index in [0.717, 1.165) is 22.3 Å². The van der Waals surface area contributed by atoms with Crippen LogP contribution in [-0.2, 0) is 0 Å². The average Bonchev–Trinajstić information content (AvgIpc) is 2.67. The minimum Gasteiger partial charge on any atom is -0.383 e. The first-order valence-electron chi connectivity index (χ1n) is 8.99. The molecule has 2 N–H and O–H groups in total. The maximum atomic E-state index is 12.8. The van der Waals surface area contributed by atoms with Crippen molar-refractivity contribution >= 4 is 39.8 Å². The molecular formula is C21H24IN3O. The van der Waals surface area contributed by atoms with Crippen LogP contribution >= 0.6 is 22.6 Å². The number of nitrogens with one attached hydrogen (secondary N) is 2. The zero-order valence-electron chi connectivity index (χ0n) is 15.0. The summed E-state index contributed by atoms with van der Waals surface area (Å²) >= 11 is 2.15. The standard InChI is InChI=1S/C21H24IN3O/c1-25-13-7-6-8-15(25)14-24-19-12-5-3-10-17(19)20(23)21(26)16-9-2-4-11-18(16)22/h2-5,9-12,15,23-24H,6-8,13-14H2,1H3.